The van der Waals surface area contributed by atoms with Gasteiger partial charge in [-0.05, 0) is 56.0 Å². The number of benzene rings is 2. The maximum absolute atomic E-state index is 13.8. The molecule has 3 heterocycles. The molecule has 0 radical (unpaired) electrons. The number of ether oxygens (including phenoxy) is 1. The summed E-state index contributed by atoms with van der Waals surface area (Å²) in [5.41, 5.74) is 1.98. The number of nitrogens with zero attached hydrogens (tertiary/aromatic N) is 4. The topological polar surface area (TPSA) is 98.5 Å². The molecule has 2 aromatic carbocycles. The fraction of sp³-hybridized carbons (Fsp3) is 0.308. The first kappa shape index (κ1) is 23.8. The minimum absolute atomic E-state index is 0.230. The molecule has 0 saturated carbocycles. The van der Waals surface area contributed by atoms with Crippen LogP contribution >= 0.6 is 11.3 Å². The summed E-state index contributed by atoms with van der Waals surface area (Å²) in [7, 11) is 1.52. The van der Waals surface area contributed by atoms with E-state index in [4.69, 9.17) is 4.74 Å². The van der Waals surface area contributed by atoms with Crippen LogP contribution in [-0.2, 0) is 11.3 Å². The van der Waals surface area contributed by atoms with Gasteiger partial charge in [0.1, 0.15) is 17.0 Å². The van der Waals surface area contributed by atoms with Crippen LogP contribution in [0.5, 0.6) is 5.75 Å². The Balaban J connectivity index is 1.66. The summed E-state index contributed by atoms with van der Waals surface area (Å²) in [6, 6.07) is 12.5. The molecular weight excluding hydrogens is 478 g/mol. The van der Waals surface area contributed by atoms with Crippen molar-refractivity contribution in [3.8, 4) is 11.4 Å². The highest BCUT2D eigenvalue weighted by Gasteiger charge is 2.24. The van der Waals surface area contributed by atoms with Gasteiger partial charge in [-0.1, -0.05) is 35.6 Å². The van der Waals surface area contributed by atoms with Crippen LogP contribution in [0.3, 0.4) is 0 Å². The average molecular weight is 506 g/mol. The minimum Gasteiger partial charge on any atom is -0.495 e. The summed E-state index contributed by atoms with van der Waals surface area (Å²) in [4.78, 5) is 47.3. The molecule has 0 aliphatic carbocycles. The van der Waals surface area contributed by atoms with Crippen molar-refractivity contribution in [2.24, 2.45) is 0 Å². The molecule has 5 rings (SSSR count). The second-order valence-corrected chi connectivity index (χ2v) is 9.80. The zero-order valence-corrected chi connectivity index (χ0v) is 21.2. The lowest BCUT2D eigenvalue weighted by molar-refractivity contribution is -0.116. The lowest BCUT2D eigenvalue weighted by Crippen LogP contribution is -2.41. The van der Waals surface area contributed by atoms with Gasteiger partial charge in [0, 0.05) is 13.1 Å². The SMILES string of the molecule is COc1ccccc1NC(=O)Cn1c(=O)n(-c2cccc(C)c2C)c(=O)c2sc(N3CCCC3)nc21. The monoisotopic (exact) mass is 505 g/mol. The van der Waals surface area contributed by atoms with Crippen molar-refractivity contribution in [2.75, 3.05) is 30.4 Å². The standard InChI is InChI=1S/C26H27N5O4S/c1-16-9-8-11-19(17(16)2)31-24(33)22-23(28-25(36-22)29-13-6-7-14-29)30(26(31)34)15-21(32)27-18-10-4-5-12-20(18)35-3/h4-5,8-12H,6-7,13-15H2,1-3H3,(H,27,32). The van der Waals surface area contributed by atoms with Crippen molar-refractivity contribution in [1.29, 1.82) is 0 Å². The first-order valence-corrected chi connectivity index (χ1v) is 12.6. The number of anilines is 2. The predicted octanol–water partition coefficient (Wildman–Crippen LogP) is 3.47. The molecular formula is C26H27N5O4S. The molecule has 1 aliphatic heterocycles. The molecule has 0 spiro atoms. The highest BCUT2D eigenvalue weighted by molar-refractivity contribution is 7.22. The van der Waals surface area contributed by atoms with E-state index in [1.165, 1.54) is 23.0 Å². The molecule has 36 heavy (non-hydrogen) atoms. The van der Waals surface area contributed by atoms with Crippen LogP contribution < -0.4 is 26.2 Å². The summed E-state index contributed by atoms with van der Waals surface area (Å²) in [5.74, 6) is 0.0819. The van der Waals surface area contributed by atoms with E-state index in [0.29, 0.717) is 27.0 Å². The number of hydrogen-bond acceptors (Lipinski definition) is 7. The smallest absolute Gasteiger partial charge is 0.337 e. The van der Waals surface area contributed by atoms with E-state index < -0.39 is 17.2 Å². The van der Waals surface area contributed by atoms with Gasteiger partial charge < -0.3 is 15.0 Å². The predicted molar refractivity (Wildman–Crippen MR) is 142 cm³/mol. The molecule has 0 unspecified atom stereocenters. The van der Waals surface area contributed by atoms with E-state index in [-0.39, 0.29) is 12.2 Å². The third kappa shape index (κ3) is 4.17. The van der Waals surface area contributed by atoms with Gasteiger partial charge in [-0.3, -0.25) is 14.2 Å². The number of para-hydroxylation sites is 2. The normalized spacial score (nSPS) is 13.4. The Morgan fingerprint density at radius 2 is 1.83 bits per heavy atom. The van der Waals surface area contributed by atoms with Crippen LogP contribution in [0.1, 0.15) is 24.0 Å². The Kier molecular flexibility index (Phi) is 6.36. The largest absolute Gasteiger partial charge is 0.495 e. The van der Waals surface area contributed by atoms with Gasteiger partial charge in [0.15, 0.2) is 10.8 Å². The van der Waals surface area contributed by atoms with E-state index in [9.17, 15) is 14.4 Å². The van der Waals surface area contributed by atoms with Gasteiger partial charge >= 0.3 is 5.69 Å². The first-order chi connectivity index (χ1) is 17.4. The van der Waals surface area contributed by atoms with Crippen molar-refractivity contribution in [2.45, 2.75) is 33.2 Å². The molecule has 9 nitrogen and oxygen atoms in total. The zero-order valence-electron chi connectivity index (χ0n) is 20.4. The number of amides is 1. The average Bonchev–Trinajstić information content (AvgIpc) is 3.55. The Morgan fingerprint density at radius 3 is 2.58 bits per heavy atom. The molecule has 0 atom stereocenters. The fourth-order valence-corrected chi connectivity index (χ4v) is 5.53. The van der Waals surface area contributed by atoms with Crippen LogP contribution in [0, 0.1) is 13.8 Å². The van der Waals surface area contributed by atoms with Crippen LogP contribution in [0.2, 0.25) is 0 Å². The number of aromatic nitrogens is 3. The van der Waals surface area contributed by atoms with Gasteiger partial charge in [0.2, 0.25) is 5.91 Å². The Morgan fingerprint density at radius 1 is 1.08 bits per heavy atom. The van der Waals surface area contributed by atoms with Gasteiger partial charge in [-0.2, -0.15) is 0 Å². The molecule has 1 N–H and O–H groups in total. The number of nitrogens with one attached hydrogen (secondary N) is 1. The fourth-order valence-electron chi connectivity index (χ4n) is 4.48. The second kappa shape index (κ2) is 9.62. The van der Waals surface area contributed by atoms with Crippen molar-refractivity contribution < 1.29 is 9.53 Å². The number of rotatable bonds is 6. The lowest BCUT2D eigenvalue weighted by atomic mass is 10.1. The van der Waals surface area contributed by atoms with E-state index in [1.807, 2.05) is 26.0 Å². The van der Waals surface area contributed by atoms with Crippen LogP contribution in [-0.4, -0.2) is 40.2 Å². The number of methoxy groups -OCH3 is 1. The molecule has 4 aromatic rings. The minimum atomic E-state index is -0.602. The van der Waals surface area contributed by atoms with Crippen LogP contribution in [0.25, 0.3) is 16.0 Å². The highest BCUT2D eigenvalue weighted by Crippen LogP contribution is 2.29. The van der Waals surface area contributed by atoms with Crippen molar-refractivity contribution >= 4 is 38.4 Å². The zero-order chi connectivity index (χ0) is 25.4. The highest BCUT2D eigenvalue weighted by atomic mass is 32.1. The summed E-state index contributed by atoms with van der Waals surface area (Å²) in [5, 5.41) is 3.50. The van der Waals surface area contributed by atoms with Gasteiger partial charge in [0.05, 0.1) is 18.5 Å². The Labute approximate surface area is 211 Å². The molecule has 1 aliphatic rings. The Hall–Kier alpha value is -3.92. The molecule has 1 saturated heterocycles. The van der Waals surface area contributed by atoms with Crippen molar-refractivity contribution in [3.05, 3.63) is 74.4 Å². The molecule has 1 amide bonds. The first-order valence-electron chi connectivity index (χ1n) is 11.8. The van der Waals surface area contributed by atoms with Gasteiger partial charge in [-0.15, -0.1) is 0 Å². The molecule has 10 heteroatoms. The van der Waals surface area contributed by atoms with Gasteiger partial charge in [0.25, 0.3) is 5.56 Å². The third-order valence-corrected chi connectivity index (χ3v) is 7.64. The third-order valence-electron chi connectivity index (χ3n) is 6.55. The summed E-state index contributed by atoms with van der Waals surface area (Å²) >= 11 is 1.27. The summed E-state index contributed by atoms with van der Waals surface area (Å²) in [6.45, 7) is 5.20. The number of carbonyl (C=O) groups is 1. The second-order valence-electron chi connectivity index (χ2n) is 8.82. The number of fused-ring (bicyclic) bond motifs is 1. The lowest BCUT2D eigenvalue weighted by Gasteiger charge is -2.15. The maximum atomic E-state index is 13.8. The molecule has 0 bridgehead atoms. The van der Waals surface area contributed by atoms with E-state index in [2.05, 4.69) is 15.2 Å². The van der Waals surface area contributed by atoms with Crippen molar-refractivity contribution in [3.63, 3.8) is 0 Å². The number of carbonyl (C=O) groups excluding carboxylic acids is 1. The number of thiazole rings is 1. The Bertz CT molecular complexity index is 1580. The van der Waals surface area contributed by atoms with E-state index >= 15 is 0 Å². The van der Waals surface area contributed by atoms with Gasteiger partial charge in [-0.25, -0.2) is 14.3 Å². The molecule has 2 aromatic heterocycles. The van der Waals surface area contributed by atoms with Crippen LogP contribution in [0.4, 0.5) is 10.8 Å². The summed E-state index contributed by atoms with van der Waals surface area (Å²) < 4.78 is 8.12. The van der Waals surface area contributed by atoms with E-state index in [1.54, 1.807) is 30.3 Å². The number of aryl methyl sites for hydroxylation is 1. The quantitative estimate of drug-likeness (QED) is 0.431. The summed E-state index contributed by atoms with van der Waals surface area (Å²) in [6.07, 6.45) is 2.10. The number of hydrogen-bond donors (Lipinski definition) is 1. The molecule has 1 fully saturated rings. The van der Waals surface area contributed by atoms with Crippen LogP contribution in [0.15, 0.2) is 52.1 Å². The van der Waals surface area contributed by atoms with Crippen molar-refractivity contribution in [1.82, 2.24) is 14.1 Å². The van der Waals surface area contributed by atoms with E-state index in [0.717, 1.165) is 41.6 Å². The maximum Gasteiger partial charge on any atom is 0.337 e. The molecule has 186 valence electrons.